The zero-order chi connectivity index (χ0) is 22.8. The van der Waals surface area contributed by atoms with Crippen LogP contribution in [0.4, 0.5) is 19.3 Å². The number of unbranched alkanes of at least 4 members (excludes halogenated alkanes) is 1. The van der Waals surface area contributed by atoms with Gasteiger partial charge >= 0.3 is 6.03 Å². The third-order valence-corrected chi connectivity index (χ3v) is 4.89. The summed E-state index contributed by atoms with van der Waals surface area (Å²) in [5.41, 5.74) is 1.08. The number of aromatic nitrogens is 1. The average Bonchev–Trinajstić information content (AvgIpc) is 3.15. The molecule has 3 amide bonds. The number of ether oxygens (including phenoxy) is 1. The highest BCUT2D eigenvalue weighted by molar-refractivity contribution is 5.92. The van der Waals surface area contributed by atoms with Gasteiger partial charge in [0.25, 0.3) is 0 Å². The summed E-state index contributed by atoms with van der Waals surface area (Å²) in [7, 11) is 3.46. The first-order valence-electron chi connectivity index (χ1n) is 10.2. The van der Waals surface area contributed by atoms with Crippen molar-refractivity contribution in [2.24, 2.45) is 7.05 Å². The number of benzene rings is 1. The van der Waals surface area contributed by atoms with Gasteiger partial charge in [0.1, 0.15) is 6.54 Å². The highest BCUT2D eigenvalue weighted by Crippen LogP contribution is 2.14. The third kappa shape index (κ3) is 7.36. The molecule has 1 aromatic carbocycles. The molecule has 0 aliphatic carbocycles. The lowest BCUT2D eigenvalue weighted by molar-refractivity contribution is -0.133. The number of rotatable bonds is 11. The summed E-state index contributed by atoms with van der Waals surface area (Å²) < 4.78 is 33.7. The Balaban J connectivity index is 2.11. The minimum Gasteiger partial charge on any atom is -0.383 e. The molecule has 170 valence electrons. The third-order valence-electron chi connectivity index (χ3n) is 4.89. The smallest absolute Gasteiger partial charge is 0.322 e. The van der Waals surface area contributed by atoms with E-state index in [1.165, 1.54) is 11.0 Å². The van der Waals surface area contributed by atoms with E-state index in [1.807, 2.05) is 36.9 Å². The molecule has 0 bridgehead atoms. The molecule has 2 aromatic rings. The zero-order valence-electron chi connectivity index (χ0n) is 18.2. The molecule has 1 aromatic heterocycles. The van der Waals surface area contributed by atoms with Crippen molar-refractivity contribution in [2.75, 3.05) is 38.7 Å². The van der Waals surface area contributed by atoms with Crippen LogP contribution >= 0.6 is 0 Å². The van der Waals surface area contributed by atoms with Gasteiger partial charge in [-0.05, 0) is 30.7 Å². The molecule has 1 N–H and O–H groups in total. The summed E-state index contributed by atoms with van der Waals surface area (Å²) >= 11 is 0. The Morgan fingerprint density at radius 3 is 2.52 bits per heavy atom. The summed E-state index contributed by atoms with van der Waals surface area (Å²) in [6.45, 7) is 3.34. The van der Waals surface area contributed by atoms with E-state index in [1.54, 1.807) is 12.0 Å². The second kappa shape index (κ2) is 12.0. The number of anilines is 1. The highest BCUT2D eigenvalue weighted by atomic mass is 19.2. The van der Waals surface area contributed by atoms with E-state index >= 15 is 0 Å². The Morgan fingerprint density at radius 1 is 1.13 bits per heavy atom. The predicted octanol–water partition coefficient (Wildman–Crippen LogP) is 3.61. The van der Waals surface area contributed by atoms with E-state index in [-0.39, 0.29) is 18.1 Å². The molecule has 0 fully saturated rings. The van der Waals surface area contributed by atoms with Crippen LogP contribution in [0, 0.1) is 11.6 Å². The van der Waals surface area contributed by atoms with Crippen LogP contribution in [-0.2, 0) is 23.1 Å². The number of nitrogens with one attached hydrogen (secondary N) is 1. The minimum absolute atomic E-state index is 0.123. The zero-order valence-corrected chi connectivity index (χ0v) is 18.2. The lowest BCUT2D eigenvalue weighted by Gasteiger charge is -2.28. The quantitative estimate of drug-likeness (QED) is 0.585. The molecule has 7 nitrogen and oxygen atoms in total. The van der Waals surface area contributed by atoms with Gasteiger partial charge in [-0.2, -0.15) is 0 Å². The van der Waals surface area contributed by atoms with Crippen LogP contribution in [0.2, 0.25) is 0 Å². The van der Waals surface area contributed by atoms with E-state index in [0.29, 0.717) is 32.7 Å². The average molecular weight is 437 g/mol. The summed E-state index contributed by atoms with van der Waals surface area (Å²) in [6.07, 6.45) is 3.44. The fraction of sp³-hybridized carbons (Fsp3) is 0.455. The van der Waals surface area contributed by atoms with Crippen molar-refractivity contribution >= 4 is 17.6 Å². The number of halogens is 2. The number of hydrogen-bond acceptors (Lipinski definition) is 3. The van der Waals surface area contributed by atoms with Crippen molar-refractivity contribution < 1.29 is 23.1 Å². The standard InChI is InChI=1S/C22H30F2N4O3/c1-4-5-11-28(22(30)25-17-8-9-19(23)20(24)14-17)16-21(29)27(12-13-31-3)15-18-7-6-10-26(18)2/h6-10,14H,4-5,11-13,15-16H2,1-3H3,(H,25,30). The monoisotopic (exact) mass is 436 g/mol. The van der Waals surface area contributed by atoms with Gasteiger partial charge in [0.2, 0.25) is 5.91 Å². The lowest BCUT2D eigenvalue weighted by Crippen LogP contribution is -2.45. The second-order valence-electron chi connectivity index (χ2n) is 7.25. The van der Waals surface area contributed by atoms with E-state index in [2.05, 4.69) is 5.32 Å². The molecule has 0 saturated heterocycles. The number of amides is 3. The summed E-state index contributed by atoms with van der Waals surface area (Å²) in [6, 6.07) is 6.41. The molecule has 31 heavy (non-hydrogen) atoms. The molecule has 0 aliphatic heterocycles. The Bertz CT molecular complexity index is 872. The molecular weight excluding hydrogens is 406 g/mol. The number of carbonyl (C=O) groups is 2. The maximum Gasteiger partial charge on any atom is 0.322 e. The fourth-order valence-corrected chi connectivity index (χ4v) is 2.99. The van der Waals surface area contributed by atoms with Crippen molar-refractivity contribution in [3.05, 3.63) is 53.9 Å². The van der Waals surface area contributed by atoms with Crippen molar-refractivity contribution in [2.45, 2.75) is 26.3 Å². The molecule has 0 atom stereocenters. The number of nitrogens with zero attached hydrogens (tertiary/aromatic N) is 3. The number of aryl methyl sites for hydroxylation is 1. The van der Waals surface area contributed by atoms with E-state index in [9.17, 15) is 18.4 Å². The van der Waals surface area contributed by atoms with Crippen LogP contribution < -0.4 is 5.32 Å². The maximum absolute atomic E-state index is 13.5. The Kier molecular flexibility index (Phi) is 9.45. The highest BCUT2D eigenvalue weighted by Gasteiger charge is 2.22. The number of hydrogen-bond donors (Lipinski definition) is 1. The van der Waals surface area contributed by atoms with Crippen LogP contribution in [-0.4, -0.2) is 59.7 Å². The number of methoxy groups -OCH3 is 1. The van der Waals surface area contributed by atoms with Crippen LogP contribution in [0.15, 0.2) is 36.5 Å². The van der Waals surface area contributed by atoms with Gasteiger partial charge in [-0.15, -0.1) is 0 Å². The molecule has 1 heterocycles. The van der Waals surface area contributed by atoms with Gasteiger partial charge in [-0.3, -0.25) is 4.79 Å². The van der Waals surface area contributed by atoms with Crippen LogP contribution in [0.1, 0.15) is 25.5 Å². The van der Waals surface area contributed by atoms with Crippen molar-refractivity contribution in [3.63, 3.8) is 0 Å². The van der Waals surface area contributed by atoms with Gasteiger partial charge in [-0.25, -0.2) is 13.6 Å². The molecule has 0 radical (unpaired) electrons. The minimum atomic E-state index is -1.05. The Hall–Kier alpha value is -2.94. The molecule has 0 spiro atoms. The van der Waals surface area contributed by atoms with Crippen LogP contribution in [0.5, 0.6) is 0 Å². The molecular formula is C22H30F2N4O3. The number of urea groups is 1. The molecule has 2 rings (SSSR count). The van der Waals surface area contributed by atoms with Gasteiger partial charge in [-0.1, -0.05) is 13.3 Å². The van der Waals surface area contributed by atoms with Gasteiger partial charge in [0.05, 0.1) is 13.2 Å². The Labute approximate surface area is 181 Å². The second-order valence-corrected chi connectivity index (χ2v) is 7.25. The fourth-order valence-electron chi connectivity index (χ4n) is 2.99. The molecule has 9 heteroatoms. The van der Waals surface area contributed by atoms with Gasteiger partial charge in [0.15, 0.2) is 11.6 Å². The van der Waals surface area contributed by atoms with E-state index in [0.717, 1.165) is 24.2 Å². The van der Waals surface area contributed by atoms with Crippen molar-refractivity contribution in [3.8, 4) is 0 Å². The first-order chi connectivity index (χ1) is 14.8. The maximum atomic E-state index is 13.5. The Morgan fingerprint density at radius 2 is 1.90 bits per heavy atom. The van der Waals surface area contributed by atoms with E-state index < -0.39 is 17.7 Å². The molecule has 0 saturated carbocycles. The van der Waals surface area contributed by atoms with Crippen molar-refractivity contribution in [1.82, 2.24) is 14.4 Å². The van der Waals surface area contributed by atoms with Crippen molar-refractivity contribution in [1.29, 1.82) is 0 Å². The molecule has 0 aliphatic rings. The predicted molar refractivity (Wildman–Crippen MR) is 115 cm³/mol. The normalized spacial score (nSPS) is 10.7. The topological polar surface area (TPSA) is 66.8 Å². The summed E-state index contributed by atoms with van der Waals surface area (Å²) in [5, 5.41) is 2.54. The summed E-state index contributed by atoms with van der Waals surface area (Å²) in [5.74, 6) is -2.28. The van der Waals surface area contributed by atoms with Crippen LogP contribution in [0.25, 0.3) is 0 Å². The van der Waals surface area contributed by atoms with Crippen LogP contribution in [0.3, 0.4) is 0 Å². The first kappa shape index (κ1) is 24.3. The van der Waals surface area contributed by atoms with E-state index in [4.69, 9.17) is 4.74 Å². The van der Waals surface area contributed by atoms with Gasteiger partial charge < -0.3 is 24.4 Å². The number of carbonyl (C=O) groups excluding carboxylic acids is 2. The summed E-state index contributed by atoms with van der Waals surface area (Å²) in [4.78, 5) is 28.8. The largest absolute Gasteiger partial charge is 0.383 e. The molecule has 0 unspecified atom stereocenters. The SMILES string of the molecule is CCCCN(CC(=O)N(CCOC)Cc1cccn1C)C(=O)Nc1ccc(F)c(F)c1. The lowest BCUT2D eigenvalue weighted by atomic mass is 10.3. The first-order valence-corrected chi connectivity index (χ1v) is 10.2. The van der Waals surface area contributed by atoms with Gasteiger partial charge in [0, 0.05) is 50.9 Å².